The van der Waals surface area contributed by atoms with Gasteiger partial charge in [0.05, 0.1) is 11.3 Å². The smallest absolute Gasteiger partial charge is 0.331 e. The van der Waals surface area contributed by atoms with E-state index in [-0.39, 0.29) is 17.4 Å². The highest BCUT2D eigenvalue weighted by Crippen LogP contribution is 2.19. The van der Waals surface area contributed by atoms with Crippen LogP contribution in [0.25, 0.3) is 0 Å². The number of aromatic hydroxyl groups is 1. The Balaban J connectivity index is 3.05. The van der Waals surface area contributed by atoms with Crippen LogP contribution in [0.15, 0.2) is 9.59 Å². The van der Waals surface area contributed by atoms with E-state index < -0.39 is 11.2 Å². The maximum Gasteiger partial charge on any atom is 0.331 e. The van der Waals surface area contributed by atoms with Crippen molar-refractivity contribution < 1.29 is 5.11 Å². The van der Waals surface area contributed by atoms with Crippen LogP contribution in [0.4, 0.5) is 0 Å². The molecule has 0 aliphatic heterocycles. The van der Waals surface area contributed by atoms with E-state index in [1.807, 2.05) is 0 Å². The molecule has 0 saturated carbocycles. The molecule has 1 aromatic rings. The van der Waals surface area contributed by atoms with Crippen molar-refractivity contribution in [1.29, 1.82) is 0 Å². The minimum atomic E-state index is -0.594. The van der Waals surface area contributed by atoms with Gasteiger partial charge in [0.1, 0.15) is 0 Å². The van der Waals surface area contributed by atoms with E-state index in [2.05, 4.69) is 10.9 Å². The summed E-state index contributed by atoms with van der Waals surface area (Å²) >= 11 is 1.48. The van der Waals surface area contributed by atoms with Crippen LogP contribution in [0, 0.1) is 12.3 Å². The van der Waals surface area contributed by atoms with Crippen molar-refractivity contribution in [1.82, 2.24) is 9.55 Å². The molecule has 0 spiro atoms. The largest absolute Gasteiger partial charge is 0.494 e. The van der Waals surface area contributed by atoms with E-state index in [4.69, 9.17) is 6.42 Å². The Labute approximate surface area is 109 Å². The summed E-state index contributed by atoms with van der Waals surface area (Å²) in [5, 5.41) is 9.97. The molecule has 0 unspecified atom stereocenters. The molecule has 1 heterocycles. The fourth-order valence-electron chi connectivity index (χ4n) is 1.59. The van der Waals surface area contributed by atoms with Crippen molar-refractivity contribution in [2.75, 3.05) is 11.5 Å². The monoisotopic (exact) mass is 268 g/mol. The van der Waals surface area contributed by atoms with Gasteiger partial charge in [-0.15, -0.1) is 18.2 Å². The number of aromatic nitrogens is 2. The van der Waals surface area contributed by atoms with Gasteiger partial charge in [0.25, 0.3) is 5.56 Å². The minimum Gasteiger partial charge on any atom is -0.494 e. The molecule has 98 valence electrons. The predicted molar refractivity (Wildman–Crippen MR) is 73.2 cm³/mol. The van der Waals surface area contributed by atoms with Gasteiger partial charge in [-0.25, -0.2) is 4.79 Å². The number of aromatic amines is 1. The Bertz CT molecular complexity index is 566. The second-order valence-electron chi connectivity index (χ2n) is 4.06. The average molecular weight is 268 g/mol. The van der Waals surface area contributed by atoms with Gasteiger partial charge in [-0.1, -0.05) is 19.8 Å². The molecule has 0 aliphatic rings. The van der Waals surface area contributed by atoms with Gasteiger partial charge >= 0.3 is 5.69 Å². The lowest BCUT2D eigenvalue weighted by Crippen LogP contribution is -2.33. The number of nitrogens with one attached hydrogen (secondary N) is 1. The standard InChI is InChI=1S/C12H16N2O3S/c1-4-6-18-7-5-14-11(16)9(8(2)3)10(15)13-12(14)17/h1,8,16H,5-7H2,2-3H3,(H,13,15,17). The lowest BCUT2D eigenvalue weighted by Gasteiger charge is -2.12. The molecule has 0 amide bonds. The molecule has 0 fully saturated rings. The van der Waals surface area contributed by atoms with Crippen molar-refractivity contribution >= 4 is 11.8 Å². The number of hydrogen-bond acceptors (Lipinski definition) is 4. The van der Waals surface area contributed by atoms with Crippen LogP contribution in [0.1, 0.15) is 25.3 Å². The van der Waals surface area contributed by atoms with Gasteiger partial charge in [-0.3, -0.25) is 14.3 Å². The summed E-state index contributed by atoms with van der Waals surface area (Å²) in [6, 6.07) is 0. The van der Waals surface area contributed by atoms with Crippen LogP contribution in [-0.4, -0.2) is 26.2 Å². The van der Waals surface area contributed by atoms with Crippen molar-refractivity contribution in [2.45, 2.75) is 26.3 Å². The number of H-pyrrole nitrogens is 1. The Hall–Kier alpha value is -1.61. The maximum atomic E-state index is 11.6. The molecule has 1 aromatic heterocycles. The number of thioether (sulfide) groups is 1. The number of hydrogen-bond donors (Lipinski definition) is 2. The summed E-state index contributed by atoms with van der Waals surface area (Å²) in [6.07, 6.45) is 5.12. The number of nitrogens with zero attached hydrogens (tertiary/aromatic N) is 1. The fraction of sp³-hybridized carbons (Fsp3) is 0.500. The third-order valence-electron chi connectivity index (χ3n) is 2.43. The van der Waals surface area contributed by atoms with Gasteiger partial charge in [0.2, 0.25) is 5.88 Å². The predicted octanol–water partition coefficient (Wildman–Crippen LogP) is 0.732. The lowest BCUT2D eigenvalue weighted by atomic mass is 10.1. The Morgan fingerprint density at radius 3 is 2.72 bits per heavy atom. The van der Waals surface area contributed by atoms with Crippen molar-refractivity contribution in [2.24, 2.45) is 0 Å². The van der Waals surface area contributed by atoms with Gasteiger partial charge in [-0.2, -0.15) is 0 Å². The summed E-state index contributed by atoms with van der Waals surface area (Å²) < 4.78 is 1.17. The zero-order chi connectivity index (χ0) is 13.7. The van der Waals surface area contributed by atoms with Crippen LogP contribution in [-0.2, 0) is 6.54 Å². The SMILES string of the molecule is C#CCSCCn1c(O)c(C(C)C)c(=O)[nH]c1=O. The van der Waals surface area contributed by atoms with E-state index >= 15 is 0 Å². The first kappa shape index (κ1) is 14.5. The van der Waals surface area contributed by atoms with E-state index in [1.165, 1.54) is 16.3 Å². The van der Waals surface area contributed by atoms with E-state index in [1.54, 1.807) is 13.8 Å². The number of rotatable bonds is 5. The molecule has 1 rings (SSSR count). The van der Waals surface area contributed by atoms with Crippen molar-refractivity contribution in [3.8, 4) is 18.2 Å². The van der Waals surface area contributed by atoms with Crippen LogP contribution < -0.4 is 11.2 Å². The molecule has 0 saturated heterocycles. The first-order valence-electron chi connectivity index (χ1n) is 5.56. The topological polar surface area (TPSA) is 75.1 Å². The lowest BCUT2D eigenvalue weighted by molar-refractivity contribution is 0.395. The van der Waals surface area contributed by atoms with Gasteiger partial charge < -0.3 is 5.11 Å². The van der Waals surface area contributed by atoms with Gasteiger partial charge in [0, 0.05) is 12.3 Å². The molecule has 0 bridgehead atoms. The average Bonchev–Trinajstić information content (AvgIpc) is 2.26. The first-order valence-corrected chi connectivity index (χ1v) is 6.71. The zero-order valence-corrected chi connectivity index (χ0v) is 11.2. The molecule has 0 aromatic carbocycles. The summed E-state index contributed by atoms with van der Waals surface area (Å²) in [5.41, 5.74) is -0.889. The molecule has 0 aliphatic carbocycles. The molecule has 18 heavy (non-hydrogen) atoms. The van der Waals surface area contributed by atoms with Crippen LogP contribution in [0.3, 0.4) is 0 Å². The van der Waals surface area contributed by atoms with E-state index in [0.29, 0.717) is 18.1 Å². The van der Waals surface area contributed by atoms with Crippen LogP contribution in [0.2, 0.25) is 0 Å². The van der Waals surface area contributed by atoms with Gasteiger partial charge in [-0.05, 0) is 5.92 Å². The Morgan fingerprint density at radius 2 is 2.17 bits per heavy atom. The third kappa shape index (κ3) is 3.20. The van der Waals surface area contributed by atoms with Gasteiger partial charge in [0.15, 0.2) is 0 Å². The van der Waals surface area contributed by atoms with E-state index in [0.717, 1.165) is 0 Å². The van der Waals surface area contributed by atoms with Crippen molar-refractivity contribution in [3.63, 3.8) is 0 Å². The van der Waals surface area contributed by atoms with Crippen LogP contribution >= 0.6 is 11.8 Å². The van der Waals surface area contributed by atoms with Crippen molar-refractivity contribution in [3.05, 3.63) is 26.4 Å². The molecule has 0 radical (unpaired) electrons. The normalized spacial score (nSPS) is 10.6. The molecule has 5 nitrogen and oxygen atoms in total. The highest BCUT2D eigenvalue weighted by molar-refractivity contribution is 7.99. The molecule has 2 N–H and O–H groups in total. The van der Waals surface area contributed by atoms with Crippen LogP contribution in [0.5, 0.6) is 5.88 Å². The summed E-state index contributed by atoms with van der Waals surface area (Å²) in [7, 11) is 0. The number of terminal acetylenes is 1. The highest BCUT2D eigenvalue weighted by Gasteiger charge is 2.16. The molecule has 6 heteroatoms. The quantitative estimate of drug-likeness (QED) is 0.610. The Kier molecular flexibility index (Phi) is 5.10. The first-order chi connectivity index (χ1) is 8.49. The second kappa shape index (κ2) is 6.36. The summed E-state index contributed by atoms with van der Waals surface area (Å²) in [6.45, 7) is 3.88. The summed E-state index contributed by atoms with van der Waals surface area (Å²) in [4.78, 5) is 25.4. The minimum absolute atomic E-state index is 0.154. The highest BCUT2D eigenvalue weighted by atomic mass is 32.2. The molecule has 0 atom stereocenters. The maximum absolute atomic E-state index is 11.6. The molecular weight excluding hydrogens is 252 g/mol. The fourth-order valence-corrected chi connectivity index (χ4v) is 2.16. The Morgan fingerprint density at radius 1 is 1.50 bits per heavy atom. The van der Waals surface area contributed by atoms with E-state index in [9.17, 15) is 14.7 Å². The zero-order valence-electron chi connectivity index (χ0n) is 10.4. The second-order valence-corrected chi connectivity index (χ2v) is 5.16. The summed E-state index contributed by atoms with van der Waals surface area (Å²) in [5.74, 6) is 3.22. The molecular formula is C12H16N2O3S. The third-order valence-corrected chi connectivity index (χ3v) is 3.27.